The van der Waals surface area contributed by atoms with E-state index in [1.807, 2.05) is 0 Å². The molecule has 3 heteroatoms. The van der Waals surface area contributed by atoms with Gasteiger partial charge in [-0.1, -0.05) is 0 Å². The van der Waals surface area contributed by atoms with E-state index in [-0.39, 0.29) is 0 Å². The smallest absolute Gasteiger partial charge is 0.231 e. The Morgan fingerprint density at radius 1 is 1.06 bits per heavy atom. The summed E-state index contributed by atoms with van der Waals surface area (Å²) in [7, 11) is 0. The second kappa shape index (κ2) is 4.22. The van der Waals surface area contributed by atoms with E-state index in [4.69, 9.17) is 15.2 Å². The number of hydrogen-bond donors (Lipinski definition) is 1. The van der Waals surface area contributed by atoms with E-state index in [0.29, 0.717) is 18.8 Å². The zero-order valence-electron chi connectivity index (χ0n) is 10.2. The second-order valence-electron chi connectivity index (χ2n) is 5.17. The average molecular weight is 233 g/mol. The van der Waals surface area contributed by atoms with Crippen LogP contribution in [0.4, 0.5) is 0 Å². The number of aryl methyl sites for hydroxylation is 1. The first-order valence-corrected chi connectivity index (χ1v) is 6.40. The summed E-state index contributed by atoms with van der Waals surface area (Å²) in [6.07, 6.45) is 4.67. The topological polar surface area (TPSA) is 44.5 Å². The fourth-order valence-electron chi connectivity index (χ4n) is 2.93. The van der Waals surface area contributed by atoms with Crippen molar-refractivity contribution < 1.29 is 9.47 Å². The molecule has 1 saturated carbocycles. The third kappa shape index (κ3) is 2.00. The minimum absolute atomic E-state index is 0.355. The number of hydrogen-bond acceptors (Lipinski definition) is 3. The predicted molar refractivity (Wildman–Crippen MR) is 66.5 cm³/mol. The van der Waals surface area contributed by atoms with Gasteiger partial charge >= 0.3 is 0 Å². The van der Waals surface area contributed by atoms with Crippen LogP contribution in [0, 0.1) is 6.92 Å². The molecule has 3 nitrogen and oxygen atoms in total. The Bertz CT molecular complexity index is 422. The van der Waals surface area contributed by atoms with Crippen LogP contribution in [-0.4, -0.2) is 12.8 Å². The first-order chi connectivity index (χ1) is 8.24. The van der Waals surface area contributed by atoms with Gasteiger partial charge in [-0.3, -0.25) is 0 Å². The monoisotopic (exact) mass is 233 g/mol. The third-order valence-electron chi connectivity index (χ3n) is 3.97. The van der Waals surface area contributed by atoms with Crippen LogP contribution < -0.4 is 15.2 Å². The molecular formula is C14H19NO2. The zero-order valence-corrected chi connectivity index (χ0v) is 10.2. The lowest BCUT2D eigenvalue weighted by Gasteiger charge is -2.27. The minimum atomic E-state index is 0.355. The molecule has 0 amide bonds. The van der Waals surface area contributed by atoms with Crippen molar-refractivity contribution in [1.29, 1.82) is 0 Å². The summed E-state index contributed by atoms with van der Waals surface area (Å²) in [6.45, 7) is 2.51. The largest absolute Gasteiger partial charge is 0.454 e. The Labute approximate surface area is 102 Å². The number of benzene rings is 1. The van der Waals surface area contributed by atoms with Crippen molar-refractivity contribution in [2.75, 3.05) is 6.79 Å². The van der Waals surface area contributed by atoms with Gasteiger partial charge in [0, 0.05) is 6.04 Å². The van der Waals surface area contributed by atoms with Crippen molar-refractivity contribution >= 4 is 0 Å². The summed E-state index contributed by atoms with van der Waals surface area (Å²) >= 11 is 0. The van der Waals surface area contributed by atoms with Gasteiger partial charge in [0.1, 0.15) is 0 Å². The molecule has 1 aromatic rings. The molecule has 0 atom stereocenters. The maximum absolute atomic E-state index is 5.96. The molecular weight excluding hydrogens is 214 g/mol. The van der Waals surface area contributed by atoms with Gasteiger partial charge < -0.3 is 15.2 Å². The molecule has 1 aliphatic carbocycles. The van der Waals surface area contributed by atoms with E-state index in [9.17, 15) is 0 Å². The van der Waals surface area contributed by atoms with Crippen molar-refractivity contribution in [2.45, 2.75) is 44.6 Å². The van der Waals surface area contributed by atoms with Gasteiger partial charge in [-0.15, -0.1) is 0 Å². The van der Waals surface area contributed by atoms with Gasteiger partial charge in [-0.25, -0.2) is 0 Å². The van der Waals surface area contributed by atoms with Crippen LogP contribution in [0.25, 0.3) is 0 Å². The Hall–Kier alpha value is -1.22. The third-order valence-corrected chi connectivity index (χ3v) is 3.97. The Kier molecular flexibility index (Phi) is 2.71. The highest BCUT2D eigenvalue weighted by molar-refractivity contribution is 5.49. The summed E-state index contributed by atoms with van der Waals surface area (Å²) in [5.74, 6) is 2.43. The predicted octanol–water partition coefficient (Wildman–Crippen LogP) is 2.71. The Balaban J connectivity index is 1.87. The molecule has 0 bridgehead atoms. The summed E-state index contributed by atoms with van der Waals surface area (Å²) in [4.78, 5) is 0. The molecule has 2 aliphatic rings. The lowest BCUT2D eigenvalue weighted by atomic mass is 9.80. The van der Waals surface area contributed by atoms with Crippen LogP contribution >= 0.6 is 0 Å². The molecule has 0 unspecified atom stereocenters. The normalized spacial score (nSPS) is 27.2. The number of fused-ring (bicyclic) bond motifs is 1. The summed E-state index contributed by atoms with van der Waals surface area (Å²) < 4.78 is 10.9. The molecule has 0 aromatic heterocycles. The molecule has 0 saturated heterocycles. The molecule has 0 spiro atoms. The Morgan fingerprint density at radius 2 is 1.71 bits per heavy atom. The standard InChI is InChI=1S/C14H19NO2/c1-9-6-13-14(17-8-16-13)7-12(9)10-2-4-11(15)5-3-10/h6-7,10-11H,2-5,8,15H2,1H3. The molecule has 1 aromatic carbocycles. The van der Waals surface area contributed by atoms with E-state index >= 15 is 0 Å². The highest BCUT2D eigenvalue weighted by Gasteiger charge is 2.24. The van der Waals surface area contributed by atoms with Crippen molar-refractivity contribution in [3.63, 3.8) is 0 Å². The first kappa shape index (κ1) is 10.9. The average Bonchev–Trinajstić information content (AvgIpc) is 2.76. The van der Waals surface area contributed by atoms with Crippen molar-refractivity contribution in [3.8, 4) is 11.5 Å². The second-order valence-corrected chi connectivity index (χ2v) is 5.17. The number of nitrogens with two attached hydrogens (primary N) is 1. The molecule has 92 valence electrons. The van der Waals surface area contributed by atoms with Gasteiger partial charge in [-0.05, 0) is 61.8 Å². The first-order valence-electron chi connectivity index (χ1n) is 6.40. The molecule has 1 heterocycles. The zero-order chi connectivity index (χ0) is 11.8. The summed E-state index contributed by atoms with van der Waals surface area (Å²) in [5, 5.41) is 0. The maximum Gasteiger partial charge on any atom is 0.231 e. The van der Waals surface area contributed by atoms with Crippen molar-refractivity contribution in [1.82, 2.24) is 0 Å². The van der Waals surface area contributed by atoms with Gasteiger partial charge in [0.2, 0.25) is 6.79 Å². The van der Waals surface area contributed by atoms with E-state index in [2.05, 4.69) is 19.1 Å². The number of rotatable bonds is 1. The lowest BCUT2D eigenvalue weighted by molar-refractivity contribution is 0.174. The lowest BCUT2D eigenvalue weighted by Crippen LogP contribution is -2.25. The van der Waals surface area contributed by atoms with Crippen LogP contribution in [-0.2, 0) is 0 Å². The highest BCUT2D eigenvalue weighted by Crippen LogP contribution is 2.40. The molecule has 0 radical (unpaired) electrons. The van der Waals surface area contributed by atoms with Gasteiger partial charge in [0.05, 0.1) is 0 Å². The summed E-state index contributed by atoms with van der Waals surface area (Å²) in [5.41, 5.74) is 8.69. The molecule has 17 heavy (non-hydrogen) atoms. The van der Waals surface area contributed by atoms with Crippen LogP contribution in [0.3, 0.4) is 0 Å². The van der Waals surface area contributed by atoms with Crippen LogP contribution in [0.2, 0.25) is 0 Å². The van der Waals surface area contributed by atoms with Crippen LogP contribution in [0.15, 0.2) is 12.1 Å². The van der Waals surface area contributed by atoms with Gasteiger partial charge in [-0.2, -0.15) is 0 Å². The highest BCUT2D eigenvalue weighted by atomic mass is 16.7. The fraction of sp³-hybridized carbons (Fsp3) is 0.571. The minimum Gasteiger partial charge on any atom is -0.454 e. The maximum atomic E-state index is 5.96. The molecule has 2 N–H and O–H groups in total. The van der Waals surface area contributed by atoms with Crippen molar-refractivity contribution in [3.05, 3.63) is 23.3 Å². The van der Waals surface area contributed by atoms with E-state index in [1.54, 1.807) is 0 Å². The number of ether oxygens (including phenoxy) is 2. The van der Waals surface area contributed by atoms with E-state index in [0.717, 1.165) is 24.3 Å². The van der Waals surface area contributed by atoms with Gasteiger partial charge in [0.15, 0.2) is 11.5 Å². The van der Waals surface area contributed by atoms with Crippen LogP contribution in [0.1, 0.15) is 42.7 Å². The molecule has 1 fully saturated rings. The molecule has 1 aliphatic heterocycles. The molecule has 3 rings (SSSR count). The quantitative estimate of drug-likeness (QED) is 0.811. The van der Waals surface area contributed by atoms with Gasteiger partial charge in [0.25, 0.3) is 0 Å². The van der Waals surface area contributed by atoms with E-state index < -0.39 is 0 Å². The Morgan fingerprint density at radius 3 is 2.41 bits per heavy atom. The van der Waals surface area contributed by atoms with E-state index in [1.165, 1.54) is 24.0 Å². The fourth-order valence-corrected chi connectivity index (χ4v) is 2.93. The summed E-state index contributed by atoms with van der Waals surface area (Å²) in [6, 6.07) is 4.67. The van der Waals surface area contributed by atoms with Crippen LogP contribution in [0.5, 0.6) is 11.5 Å². The van der Waals surface area contributed by atoms with Crippen molar-refractivity contribution in [2.24, 2.45) is 5.73 Å². The SMILES string of the molecule is Cc1cc2c(cc1C1CCC(N)CC1)OCO2.